The van der Waals surface area contributed by atoms with Crippen molar-refractivity contribution in [3.8, 4) is 0 Å². The molecule has 0 spiro atoms. The number of hydrogen-bond acceptors (Lipinski definition) is 6. The van der Waals surface area contributed by atoms with Gasteiger partial charge in [0.2, 0.25) is 0 Å². The number of carbonyl (C=O) groups is 1. The first-order chi connectivity index (χ1) is 15.3. The zero-order chi connectivity index (χ0) is 22.9. The minimum atomic E-state index is -3.51. The van der Waals surface area contributed by atoms with Gasteiger partial charge < -0.3 is 0 Å². The molecule has 0 radical (unpaired) electrons. The lowest BCUT2D eigenvalue weighted by Gasteiger charge is -2.20. The maximum atomic E-state index is 13.6. The second kappa shape index (κ2) is 9.01. The molecule has 0 aliphatic rings. The lowest BCUT2D eigenvalue weighted by molar-refractivity contribution is 0.0985. The van der Waals surface area contributed by atoms with Crippen LogP contribution in [0, 0.1) is 0 Å². The quantitative estimate of drug-likeness (QED) is 0.377. The van der Waals surface area contributed by atoms with Crippen LogP contribution in [0.2, 0.25) is 5.02 Å². The Hall–Kier alpha value is -2.75. The number of carbonyl (C=O) groups excluding carboxylic acids is 1. The van der Waals surface area contributed by atoms with Gasteiger partial charge in [0.05, 0.1) is 26.4 Å². The van der Waals surface area contributed by atoms with Crippen molar-refractivity contribution < 1.29 is 13.2 Å². The van der Waals surface area contributed by atoms with Crippen molar-refractivity contribution in [2.75, 3.05) is 11.4 Å². The molecule has 0 unspecified atom stereocenters. The third-order valence-corrected chi connectivity index (χ3v) is 8.48. The van der Waals surface area contributed by atoms with Crippen LogP contribution in [0.15, 0.2) is 65.8 Å². The van der Waals surface area contributed by atoms with Gasteiger partial charge in [-0.3, -0.25) is 14.4 Å². The number of fused-ring (bicyclic) bond motifs is 1. The molecule has 0 bridgehead atoms. The van der Waals surface area contributed by atoms with Crippen molar-refractivity contribution in [1.82, 2.24) is 14.8 Å². The number of halogens is 1. The summed E-state index contributed by atoms with van der Waals surface area (Å²) in [4.78, 5) is 19.8. The fraction of sp³-hybridized carbons (Fsp3) is 0.227. The summed E-state index contributed by atoms with van der Waals surface area (Å²) in [6.45, 7) is 3.99. The molecule has 7 nitrogen and oxygen atoms in total. The molecule has 2 aromatic heterocycles. The SMILES string of the molecule is CC(C)S(=O)(=O)c1cccc(C(=O)N(CCn2cccn2)c2nc3c(Cl)cccc3s2)c1. The topological polar surface area (TPSA) is 85.2 Å². The summed E-state index contributed by atoms with van der Waals surface area (Å²) in [7, 11) is -3.51. The second-order valence-corrected chi connectivity index (χ2v) is 11.4. The molecule has 0 saturated heterocycles. The number of thiazole rings is 1. The molecule has 0 aliphatic heterocycles. The van der Waals surface area contributed by atoms with E-state index in [4.69, 9.17) is 11.6 Å². The zero-order valence-corrected chi connectivity index (χ0v) is 19.9. The lowest BCUT2D eigenvalue weighted by Crippen LogP contribution is -2.34. The Morgan fingerprint density at radius 2 is 1.97 bits per heavy atom. The number of nitrogens with zero attached hydrogens (tertiary/aromatic N) is 4. The van der Waals surface area contributed by atoms with E-state index in [1.165, 1.54) is 23.5 Å². The van der Waals surface area contributed by atoms with Crippen LogP contribution in [0.3, 0.4) is 0 Å². The Morgan fingerprint density at radius 3 is 2.66 bits per heavy atom. The van der Waals surface area contributed by atoms with Gasteiger partial charge in [-0.25, -0.2) is 13.4 Å². The van der Waals surface area contributed by atoms with E-state index in [1.807, 2.05) is 24.4 Å². The highest BCUT2D eigenvalue weighted by Crippen LogP contribution is 2.33. The molecule has 2 heterocycles. The van der Waals surface area contributed by atoms with Crippen LogP contribution in [0.25, 0.3) is 10.2 Å². The summed E-state index contributed by atoms with van der Waals surface area (Å²) < 4.78 is 27.8. The smallest absolute Gasteiger partial charge is 0.260 e. The fourth-order valence-corrected chi connectivity index (χ4v) is 5.57. The Labute approximate surface area is 195 Å². The third kappa shape index (κ3) is 4.41. The number of amides is 1. The molecule has 166 valence electrons. The standard InChI is InChI=1S/C22H21ClN4O3S2/c1-15(2)32(29,30)17-7-3-6-16(14-17)21(28)27(13-12-26-11-5-10-24-26)22-25-20-18(23)8-4-9-19(20)31-22/h3-11,14-15H,12-13H2,1-2H3. The first-order valence-corrected chi connectivity index (χ1v) is 12.7. The van der Waals surface area contributed by atoms with Crippen LogP contribution in [0.5, 0.6) is 0 Å². The van der Waals surface area contributed by atoms with Crippen LogP contribution < -0.4 is 4.90 Å². The van der Waals surface area contributed by atoms with E-state index in [9.17, 15) is 13.2 Å². The number of anilines is 1. The molecule has 4 aromatic rings. The van der Waals surface area contributed by atoms with Crippen molar-refractivity contribution in [3.05, 3.63) is 71.5 Å². The molecule has 0 atom stereocenters. The van der Waals surface area contributed by atoms with Crippen LogP contribution in [0.4, 0.5) is 5.13 Å². The van der Waals surface area contributed by atoms with Crippen molar-refractivity contribution in [2.45, 2.75) is 30.5 Å². The summed E-state index contributed by atoms with van der Waals surface area (Å²) >= 11 is 7.65. The van der Waals surface area contributed by atoms with E-state index < -0.39 is 15.1 Å². The molecular formula is C22H21ClN4O3S2. The number of sulfone groups is 1. The van der Waals surface area contributed by atoms with E-state index in [1.54, 1.807) is 47.8 Å². The minimum Gasteiger partial charge on any atom is -0.282 e. The van der Waals surface area contributed by atoms with Crippen molar-refractivity contribution in [2.24, 2.45) is 0 Å². The van der Waals surface area contributed by atoms with Gasteiger partial charge in [-0.2, -0.15) is 5.10 Å². The van der Waals surface area contributed by atoms with Gasteiger partial charge in [-0.05, 0) is 50.2 Å². The summed E-state index contributed by atoms with van der Waals surface area (Å²) in [5.74, 6) is -0.340. The summed E-state index contributed by atoms with van der Waals surface area (Å²) in [5.41, 5.74) is 0.903. The molecule has 0 fully saturated rings. The number of rotatable bonds is 7. The molecule has 32 heavy (non-hydrogen) atoms. The molecule has 4 rings (SSSR count). The maximum absolute atomic E-state index is 13.6. The Balaban J connectivity index is 1.74. The van der Waals surface area contributed by atoms with Gasteiger partial charge in [0.15, 0.2) is 15.0 Å². The maximum Gasteiger partial charge on any atom is 0.260 e. The Morgan fingerprint density at radius 1 is 1.19 bits per heavy atom. The molecular weight excluding hydrogens is 468 g/mol. The molecule has 0 saturated carbocycles. The molecule has 0 N–H and O–H groups in total. The summed E-state index contributed by atoms with van der Waals surface area (Å²) in [6, 6.07) is 13.4. The highest BCUT2D eigenvalue weighted by molar-refractivity contribution is 7.92. The monoisotopic (exact) mass is 488 g/mol. The van der Waals surface area contributed by atoms with Gasteiger partial charge in [0, 0.05) is 24.5 Å². The van der Waals surface area contributed by atoms with Crippen molar-refractivity contribution in [3.63, 3.8) is 0 Å². The fourth-order valence-electron chi connectivity index (χ4n) is 3.17. The number of aromatic nitrogens is 3. The highest BCUT2D eigenvalue weighted by atomic mass is 35.5. The van der Waals surface area contributed by atoms with Crippen molar-refractivity contribution >= 4 is 54.0 Å². The Kier molecular flexibility index (Phi) is 6.32. The lowest BCUT2D eigenvalue weighted by atomic mass is 10.2. The normalized spacial score (nSPS) is 11.9. The third-order valence-electron chi connectivity index (χ3n) is 4.98. The van der Waals surface area contributed by atoms with E-state index in [-0.39, 0.29) is 16.4 Å². The first-order valence-electron chi connectivity index (χ1n) is 9.95. The summed E-state index contributed by atoms with van der Waals surface area (Å²) in [6.07, 6.45) is 3.48. The largest absolute Gasteiger partial charge is 0.282 e. The van der Waals surface area contributed by atoms with Gasteiger partial charge in [-0.15, -0.1) is 0 Å². The first kappa shape index (κ1) is 22.4. The average Bonchev–Trinajstić information content (AvgIpc) is 3.44. The zero-order valence-electron chi connectivity index (χ0n) is 17.5. The van der Waals surface area contributed by atoms with Crippen molar-refractivity contribution in [1.29, 1.82) is 0 Å². The minimum absolute atomic E-state index is 0.123. The van der Waals surface area contributed by atoms with Gasteiger partial charge in [0.1, 0.15) is 5.52 Å². The van der Waals surface area contributed by atoms with Gasteiger partial charge in [0.25, 0.3) is 5.91 Å². The molecule has 2 aromatic carbocycles. The predicted molar refractivity (Wildman–Crippen MR) is 127 cm³/mol. The van der Waals surface area contributed by atoms with Gasteiger partial charge >= 0.3 is 0 Å². The van der Waals surface area contributed by atoms with Crippen LogP contribution in [0.1, 0.15) is 24.2 Å². The van der Waals surface area contributed by atoms with Gasteiger partial charge in [-0.1, -0.05) is 35.1 Å². The predicted octanol–water partition coefficient (Wildman–Crippen LogP) is 4.68. The second-order valence-electron chi connectivity index (χ2n) is 7.43. The molecule has 1 amide bonds. The number of para-hydroxylation sites is 1. The van der Waals surface area contributed by atoms with E-state index >= 15 is 0 Å². The van der Waals surface area contributed by atoms with E-state index in [2.05, 4.69) is 10.1 Å². The van der Waals surface area contributed by atoms with Crippen LogP contribution >= 0.6 is 22.9 Å². The van der Waals surface area contributed by atoms with E-state index in [0.717, 1.165) is 4.70 Å². The molecule has 10 heteroatoms. The van der Waals surface area contributed by atoms with E-state index in [0.29, 0.717) is 28.8 Å². The average molecular weight is 489 g/mol. The number of hydrogen-bond donors (Lipinski definition) is 0. The highest BCUT2D eigenvalue weighted by Gasteiger charge is 2.25. The van der Waals surface area contributed by atoms with Crippen LogP contribution in [-0.4, -0.2) is 40.9 Å². The van der Waals surface area contributed by atoms with Crippen LogP contribution in [-0.2, 0) is 16.4 Å². The summed E-state index contributed by atoms with van der Waals surface area (Å²) in [5, 5.41) is 4.61. The number of benzene rings is 2. The molecule has 0 aliphatic carbocycles. The Bertz CT molecular complexity index is 1370.